The van der Waals surface area contributed by atoms with Gasteiger partial charge in [0.25, 0.3) is 5.91 Å². The Labute approximate surface area is 224 Å². The van der Waals surface area contributed by atoms with E-state index in [0.717, 1.165) is 50.2 Å². The van der Waals surface area contributed by atoms with Crippen molar-refractivity contribution in [1.29, 1.82) is 5.26 Å². The lowest BCUT2D eigenvalue weighted by atomic mass is 9.86. The van der Waals surface area contributed by atoms with Gasteiger partial charge in [-0.3, -0.25) is 4.79 Å². The Morgan fingerprint density at radius 1 is 1.15 bits per heavy atom. The van der Waals surface area contributed by atoms with E-state index >= 15 is 0 Å². The molecule has 0 bridgehead atoms. The van der Waals surface area contributed by atoms with E-state index in [2.05, 4.69) is 26.9 Å². The predicted octanol–water partition coefficient (Wildman–Crippen LogP) is 3.62. The maximum atomic E-state index is 13.9. The molecule has 1 fully saturated rings. The lowest BCUT2D eigenvalue weighted by Gasteiger charge is -2.32. The maximum Gasteiger partial charge on any atom is 0.319 e. The van der Waals surface area contributed by atoms with Gasteiger partial charge in [-0.1, -0.05) is 12.1 Å². The molecule has 0 radical (unpaired) electrons. The largest absolute Gasteiger partial charge is 0.378 e. The molecule has 3 N–H and O–H groups in total. The van der Waals surface area contributed by atoms with Crippen LogP contribution < -0.4 is 16.0 Å². The minimum Gasteiger partial charge on any atom is -0.378 e. The van der Waals surface area contributed by atoms with E-state index in [-0.39, 0.29) is 29.4 Å². The summed E-state index contributed by atoms with van der Waals surface area (Å²) in [5, 5.41) is 17.4. The van der Waals surface area contributed by atoms with Gasteiger partial charge in [0.1, 0.15) is 5.82 Å². The zero-order chi connectivity index (χ0) is 27.9. The Balaban J connectivity index is 1.33. The van der Waals surface area contributed by atoms with Gasteiger partial charge in [0.2, 0.25) is 0 Å². The normalized spacial score (nSPS) is 18.3. The molecule has 206 valence electrons. The van der Waals surface area contributed by atoms with E-state index < -0.39 is 35.4 Å². The molecule has 0 aliphatic carbocycles. The molecule has 2 aliphatic rings. The molecule has 1 unspecified atom stereocenters. The number of nitrogens with one attached hydrogen (secondary N) is 3. The van der Waals surface area contributed by atoms with Gasteiger partial charge >= 0.3 is 6.03 Å². The smallest absolute Gasteiger partial charge is 0.319 e. The van der Waals surface area contributed by atoms with E-state index in [4.69, 9.17) is 4.74 Å². The van der Waals surface area contributed by atoms with Gasteiger partial charge < -0.3 is 25.6 Å². The van der Waals surface area contributed by atoms with Crippen LogP contribution in [0.15, 0.2) is 47.7 Å². The van der Waals surface area contributed by atoms with E-state index in [1.165, 1.54) is 25.3 Å². The lowest BCUT2D eigenvalue weighted by Crippen LogP contribution is -2.48. The van der Waals surface area contributed by atoms with Crippen LogP contribution in [0.4, 0.5) is 18.0 Å². The fourth-order valence-electron chi connectivity index (χ4n) is 5.13. The minimum absolute atomic E-state index is 0.0487. The number of hydrogen-bond donors (Lipinski definition) is 3. The third-order valence-corrected chi connectivity index (χ3v) is 7.06. The van der Waals surface area contributed by atoms with Crippen LogP contribution in [-0.2, 0) is 9.53 Å². The molecule has 8 nitrogen and oxygen atoms in total. The first kappa shape index (κ1) is 28.1. The highest BCUT2D eigenvalue weighted by atomic mass is 19.2. The summed E-state index contributed by atoms with van der Waals surface area (Å²) in [5.41, 5.74) is 1.90. The summed E-state index contributed by atoms with van der Waals surface area (Å²) in [6.07, 6.45) is 2.36. The Morgan fingerprint density at radius 3 is 2.62 bits per heavy atom. The number of methoxy groups -OCH3 is 1. The number of ether oxygens (including phenoxy) is 1. The number of benzene rings is 2. The van der Waals surface area contributed by atoms with Crippen molar-refractivity contribution in [2.75, 3.05) is 39.9 Å². The molecule has 2 aromatic carbocycles. The second-order valence-corrected chi connectivity index (χ2v) is 9.60. The molecule has 2 aliphatic heterocycles. The molecule has 2 heterocycles. The number of urea groups is 1. The summed E-state index contributed by atoms with van der Waals surface area (Å²) in [4.78, 5) is 27.7. The summed E-state index contributed by atoms with van der Waals surface area (Å²) in [5.74, 6) is -2.78. The molecule has 39 heavy (non-hydrogen) atoms. The molecule has 1 saturated heterocycles. The Hall–Kier alpha value is -3.88. The van der Waals surface area contributed by atoms with Crippen LogP contribution >= 0.6 is 0 Å². The second-order valence-electron chi connectivity index (χ2n) is 9.60. The first-order valence-electron chi connectivity index (χ1n) is 12.7. The number of hydrogen-bond acceptors (Lipinski definition) is 5. The van der Waals surface area contributed by atoms with Crippen molar-refractivity contribution in [3.05, 3.63) is 81.8 Å². The van der Waals surface area contributed by atoms with Crippen LogP contribution in [0.2, 0.25) is 0 Å². The van der Waals surface area contributed by atoms with Gasteiger partial charge in [0, 0.05) is 13.7 Å². The van der Waals surface area contributed by atoms with Gasteiger partial charge in [0.05, 0.1) is 35.6 Å². The van der Waals surface area contributed by atoms with Crippen LogP contribution in [0.25, 0.3) is 0 Å². The summed E-state index contributed by atoms with van der Waals surface area (Å²) in [6, 6.07) is 8.12. The van der Waals surface area contributed by atoms with Crippen molar-refractivity contribution >= 4 is 11.9 Å². The van der Waals surface area contributed by atoms with Gasteiger partial charge in [0.15, 0.2) is 11.6 Å². The van der Waals surface area contributed by atoms with Crippen LogP contribution in [0.3, 0.4) is 0 Å². The molecular formula is C28H30F3N5O3. The molecule has 0 aromatic heterocycles. The summed E-state index contributed by atoms with van der Waals surface area (Å²) >= 11 is 0. The third-order valence-electron chi connectivity index (χ3n) is 7.06. The quantitative estimate of drug-likeness (QED) is 0.421. The number of likely N-dealkylation sites (tertiary alicyclic amines) is 1. The highest BCUT2D eigenvalue weighted by Crippen LogP contribution is 2.31. The zero-order valence-electron chi connectivity index (χ0n) is 21.5. The average molecular weight is 542 g/mol. The van der Waals surface area contributed by atoms with Crippen LogP contribution in [-0.4, -0.2) is 56.7 Å². The fourth-order valence-corrected chi connectivity index (χ4v) is 5.13. The van der Waals surface area contributed by atoms with Crippen LogP contribution in [0, 0.1) is 28.8 Å². The topological polar surface area (TPSA) is 106 Å². The first-order chi connectivity index (χ1) is 18.8. The zero-order valence-corrected chi connectivity index (χ0v) is 21.5. The van der Waals surface area contributed by atoms with Gasteiger partial charge in [-0.25, -0.2) is 18.0 Å². The van der Waals surface area contributed by atoms with E-state index in [9.17, 15) is 28.0 Å². The van der Waals surface area contributed by atoms with Crippen LogP contribution in [0.1, 0.15) is 47.9 Å². The highest BCUT2D eigenvalue weighted by molar-refractivity contribution is 5.98. The highest BCUT2D eigenvalue weighted by Gasteiger charge is 2.33. The van der Waals surface area contributed by atoms with Crippen molar-refractivity contribution in [2.45, 2.75) is 31.2 Å². The second kappa shape index (κ2) is 12.8. The number of nitriles is 1. The van der Waals surface area contributed by atoms with Crippen molar-refractivity contribution in [3.8, 4) is 6.07 Å². The molecule has 0 spiro atoms. The Bertz CT molecular complexity index is 1300. The standard InChI is InChI=1S/C28H30F3N5O3/c1-39-16-24-25(26(35-28(38)34-24)18-3-6-22(30)23(31)14-18)27(37)33-9-2-10-36-11-7-17(8-12-36)21-5-4-20(29)13-19(21)15-32/h3-6,13-14,17,26H,2,7-12,16H2,1H3,(H,33,37)(H2,34,35,38). The summed E-state index contributed by atoms with van der Waals surface area (Å²) in [6.45, 7) is 2.69. The average Bonchev–Trinajstić information content (AvgIpc) is 2.92. The number of rotatable bonds is 9. The molecule has 2 aromatic rings. The monoisotopic (exact) mass is 541 g/mol. The summed E-state index contributed by atoms with van der Waals surface area (Å²) < 4.78 is 46.0. The molecule has 0 saturated carbocycles. The summed E-state index contributed by atoms with van der Waals surface area (Å²) in [7, 11) is 1.42. The third kappa shape index (κ3) is 6.77. The van der Waals surface area contributed by atoms with Gasteiger partial charge in [-0.2, -0.15) is 5.26 Å². The fraction of sp³-hybridized carbons (Fsp3) is 0.393. The number of piperidine rings is 1. The molecular weight excluding hydrogens is 511 g/mol. The Morgan fingerprint density at radius 2 is 1.92 bits per heavy atom. The van der Waals surface area contributed by atoms with E-state index in [0.29, 0.717) is 18.5 Å². The van der Waals surface area contributed by atoms with E-state index in [1.807, 2.05) is 0 Å². The van der Waals surface area contributed by atoms with Gasteiger partial charge in [-0.05, 0) is 80.2 Å². The Kier molecular flexibility index (Phi) is 9.22. The molecule has 11 heteroatoms. The predicted molar refractivity (Wildman–Crippen MR) is 137 cm³/mol. The van der Waals surface area contributed by atoms with Crippen molar-refractivity contribution < 1.29 is 27.5 Å². The number of carbonyl (C=O) groups is 2. The lowest BCUT2D eigenvalue weighted by molar-refractivity contribution is -0.118. The van der Waals surface area contributed by atoms with E-state index in [1.54, 1.807) is 6.07 Å². The molecule has 1 atom stereocenters. The number of amides is 3. The molecule has 3 amide bonds. The van der Waals surface area contributed by atoms with Crippen LogP contribution in [0.5, 0.6) is 0 Å². The van der Waals surface area contributed by atoms with Crippen molar-refractivity contribution in [1.82, 2.24) is 20.9 Å². The van der Waals surface area contributed by atoms with Crippen molar-refractivity contribution in [2.24, 2.45) is 0 Å². The minimum atomic E-state index is -1.08. The first-order valence-corrected chi connectivity index (χ1v) is 12.7. The SMILES string of the molecule is COCC1=C(C(=O)NCCCN2CCC(c3ccc(F)cc3C#N)CC2)C(c2ccc(F)c(F)c2)NC(=O)N1. The molecule has 4 rings (SSSR count). The maximum absolute atomic E-state index is 13.9. The van der Waals surface area contributed by atoms with Crippen molar-refractivity contribution in [3.63, 3.8) is 0 Å². The van der Waals surface area contributed by atoms with Gasteiger partial charge in [-0.15, -0.1) is 0 Å². The number of halogens is 3. The number of nitrogens with zero attached hydrogens (tertiary/aromatic N) is 2. The number of carbonyl (C=O) groups excluding carboxylic acids is 2.